The lowest BCUT2D eigenvalue weighted by Crippen LogP contribution is -2.30. The van der Waals surface area contributed by atoms with Crippen LogP contribution >= 0.6 is 0 Å². The predicted octanol–water partition coefficient (Wildman–Crippen LogP) is 36.9. The van der Waals surface area contributed by atoms with Crippen LogP contribution in [-0.4, -0.2) is 0 Å². The van der Waals surface area contributed by atoms with Gasteiger partial charge in [0.1, 0.15) is 0 Å². The Balaban J connectivity index is 0.698. The van der Waals surface area contributed by atoms with Crippen molar-refractivity contribution in [3.63, 3.8) is 0 Å². The molecule has 0 fully saturated rings. The highest BCUT2D eigenvalue weighted by atomic mass is 15.1. The Morgan fingerprint density at radius 3 is 0.849 bits per heavy atom. The van der Waals surface area contributed by atoms with Crippen molar-refractivity contribution in [1.29, 1.82) is 0 Å². The van der Waals surface area contributed by atoms with Gasteiger partial charge in [0.2, 0.25) is 0 Å². The van der Waals surface area contributed by atoms with Gasteiger partial charge in [-0.3, -0.25) is 0 Å². The zero-order chi connectivity index (χ0) is 95.0. The average Bonchev–Trinajstić information content (AvgIpc) is 1.53. The quantitative estimate of drug-likeness (QED) is 0.0414. The predicted molar refractivity (Wildman–Crippen MR) is 592 cm³/mol. The average molecular weight is 1800 g/mol. The Morgan fingerprint density at radius 2 is 0.511 bits per heavy atom. The number of nitrogens with zero attached hydrogens (tertiary/aromatic N) is 2. The molecule has 0 N–H and O–H groups in total. The van der Waals surface area contributed by atoms with Gasteiger partial charge in [-0.15, -0.1) is 0 Å². The summed E-state index contributed by atoms with van der Waals surface area (Å²) in [5, 5.41) is 0. The van der Waals surface area contributed by atoms with Crippen LogP contribution in [-0.2, 0) is 52.8 Å². The van der Waals surface area contributed by atoms with Crippen molar-refractivity contribution in [1.82, 2.24) is 0 Å². The maximum Gasteiger partial charge on any atom is 0.0714 e. The molecule has 0 aliphatic heterocycles. The molecule has 0 aromatic heterocycles. The molecule has 0 saturated heterocycles. The highest BCUT2D eigenvalue weighted by Gasteiger charge is 2.50. The highest BCUT2D eigenvalue weighted by molar-refractivity contribution is 5.94. The molecule has 18 aromatic carbocycles. The molecule has 3 aliphatic carbocycles. The first-order chi connectivity index (χ1) is 67.9. The summed E-state index contributed by atoms with van der Waals surface area (Å²) >= 11 is 0. The Morgan fingerprint density at radius 1 is 0.230 bits per heavy atom. The van der Waals surface area contributed by atoms with Crippen molar-refractivity contribution in [2.75, 3.05) is 9.80 Å². The number of benzene rings is 18. The van der Waals surface area contributed by atoms with Crippen molar-refractivity contribution in [3.05, 3.63) is 538 Å². The van der Waals surface area contributed by atoms with Gasteiger partial charge in [-0.2, -0.15) is 0 Å². The normalized spacial score (nSPS) is 14.7. The second kappa shape index (κ2) is 38.2. The molecule has 2 heteroatoms. The van der Waals surface area contributed by atoms with E-state index in [4.69, 9.17) is 0 Å². The minimum Gasteiger partial charge on any atom is -0.310 e. The lowest BCUT2D eigenvalue weighted by Gasteiger charge is -2.35. The largest absolute Gasteiger partial charge is 0.310 e. The molecule has 682 valence electrons. The molecule has 0 spiro atoms. The topological polar surface area (TPSA) is 6.48 Å². The molecule has 0 amide bonds. The Kier molecular flexibility index (Phi) is 24.9. The lowest BCUT2D eigenvalue weighted by molar-refractivity contribution is 0.586. The maximum atomic E-state index is 4.15. The van der Waals surface area contributed by atoms with Gasteiger partial charge in [-0.25, -0.2) is 0 Å². The third-order valence-corrected chi connectivity index (χ3v) is 30.6. The van der Waals surface area contributed by atoms with Crippen LogP contribution in [0.5, 0.6) is 0 Å². The molecule has 2 unspecified atom stereocenters. The molecule has 2 atom stereocenters. The summed E-state index contributed by atoms with van der Waals surface area (Å²) in [6.45, 7) is 26.8. The van der Waals surface area contributed by atoms with Gasteiger partial charge >= 0.3 is 0 Å². The number of fused-ring (bicyclic) bond motifs is 9. The van der Waals surface area contributed by atoms with Crippen molar-refractivity contribution >= 4 is 46.3 Å². The molecule has 2 nitrogen and oxygen atoms in total. The van der Waals surface area contributed by atoms with Gasteiger partial charge in [0.05, 0.1) is 16.2 Å². The fourth-order valence-electron chi connectivity index (χ4n) is 23.1. The van der Waals surface area contributed by atoms with Crippen molar-refractivity contribution < 1.29 is 0 Å². The van der Waals surface area contributed by atoms with Crippen molar-refractivity contribution in [2.24, 2.45) is 0 Å². The van der Waals surface area contributed by atoms with E-state index in [9.17, 15) is 0 Å². The number of unbranched alkanes of at least 4 members (excludes halogenated alkanes) is 6. The van der Waals surface area contributed by atoms with E-state index >= 15 is 0 Å². The van der Waals surface area contributed by atoms with Crippen LogP contribution in [0.1, 0.15) is 207 Å². The van der Waals surface area contributed by atoms with Crippen LogP contribution in [0.3, 0.4) is 0 Å². The second-order valence-corrected chi connectivity index (χ2v) is 41.1. The standard InChI is InChI=1S/C137H124N2/c1-11-15-17-21-31-97-49-63-113(64-50-97)137(114-65-51-98(52-66-114)32-22-18-16-12-2)131-89-107(105-57-79-117(80-58-105)138(115-75-53-103(54-76-115)101-33-23-19-24-34-101)119-83-87-123-121-37-27-29-39-127(121)135(129(123)91-119,93-99-45-41-95(13-3)42-46-99)111-71-67-109(68-72-111)133(5,6)7)61-85-125(131)126-86-62-108(90-132(126)137)106-59-81-118(82-60-106)139(116-77-55-104(56-78-116)102-35-25-20-26-36-102)120-84-88-124-122-38-28-30-40-128(122)136(130(124)92-120,94-100-47-43-96(14-4)44-48-100)112-73-69-110(70-74-112)134(8,9)10/h13-14,19-20,23-30,33-92H,3-4,11-12,15-18,21-22,31-32,93-94H2,1-2,5-10H3. The summed E-state index contributed by atoms with van der Waals surface area (Å²) in [5.74, 6) is 0. The second-order valence-electron chi connectivity index (χ2n) is 41.1. The summed E-state index contributed by atoms with van der Waals surface area (Å²) < 4.78 is 0. The molecule has 21 rings (SSSR count). The first kappa shape index (κ1) is 90.5. The third kappa shape index (κ3) is 17.1. The van der Waals surface area contributed by atoms with Crippen LogP contribution < -0.4 is 9.80 Å². The number of aryl methyl sites for hydroxylation is 2. The highest BCUT2D eigenvalue weighted by Crippen LogP contribution is 2.61. The molecular formula is C137H124N2. The summed E-state index contributed by atoms with van der Waals surface area (Å²) in [6.07, 6.45) is 17.3. The molecule has 0 radical (unpaired) electrons. The van der Waals surface area contributed by atoms with Crippen LogP contribution in [0, 0.1) is 0 Å². The molecule has 0 bridgehead atoms. The summed E-state index contributed by atoms with van der Waals surface area (Å²) in [7, 11) is 0. The fraction of sp³-hybridized carbons (Fsp3) is 0.182. The zero-order valence-corrected chi connectivity index (χ0v) is 81.9. The molecule has 18 aromatic rings. The van der Waals surface area contributed by atoms with E-state index in [0.717, 1.165) is 82.1 Å². The SMILES string of the molecule is C=Cc1ccc(CC2(c3ccc(C(C)(C)C)cc3)c3ccccc3-c3ccc(N(c4ccc(-c5ccccc5)cc4)c4ccc(-c5ccc6c(c5)C(c5ccc(CCCCCC)cc5)(c5ccc(CCCCCC)cc5)c5cc(-c7ccc(N(c8ccc(-c9ccccc9)cc8)c8ccc9c(c8)C(Cc8ccc(C=C)cc8)(c8ccc(C(C)(C)C)cc8)c8ccccc8-9)cc7)ccc5-6)cc4)cc32)cc1. The number of hydrogen-bond acceptors (Lipinski definition) is 2. The van der Waals surface area contributed by atoms with Gasteiger partial charge in [0.15, 0.2) is 0 Å². The van der Waals surface area contributed by atoms with Gasteiger partial charge in [0.25, 0.3) is 0 Å². The van der Waals surface area contributed by atoms with E-state index in [0.29, 0.717) is 0 Å². The van der Waals surface area contributed by atoms with Crippen LogP contribution in [0.25, 0.3) is 90.0 Å². The van der Waals surface area contributed by atoms with E-state index in [1.54, 1.807) is 0 Å². The summed E-state index contributed by atoms with van der Waals surface area (Å²) in [6, 6.07) is 164. The van der Waals surface area contributed by atoms with Gasteiger partial charge in [0, 0.05) is 34.1 Å². The first-order valence-corrected chi connectivity index (χ1v) is 50.7. The van der Waals surface area contributed by atoms with Gasteiger partial charge in [-0.1, -0.05) is 459 Å². The van der Waals surface area contributed by atoms with E-state index in [1.807, 2.05) is 12.2 Å². The number of hydrogen-bond donors (Lipinski definition) is 0. The van der Waals surface area contributed by atoms with Gasteiger partial charge < -0.3 is 9.80 Å². The Bertz CT molecular complexity index is 7010. The molecule has 139 heavy (non-hydrogen) atoms. The van der Waals surface area contributed by atoms with Crippen molar-refractivity contribution in [3.8, 4) is 77.9 Å². The first-order valence-electron chi connectivity index (χ1n) is 50.7. The third-order valence-electron chi connectivity index (χ3n) is 30.6. The fourth-order valence-corrected chi connectivity index (χ4v) is 23.1. The molecular weight excluding hydrogens is 1670 g/mol. The molecule has 0 saturated carbocycles. The molecule has 0 heterocycles. The number of rotatable bonds is 30. The minimum atomic E-state index is -0.721. The lowest BCUT2D eigenvalue weighted by atomic mass is 9.67. The Hall–Kier alpha value is -15.0. The summed E-state index contributed by atoms with van der Waals surface area (Å²) in [4.78, 5) is 4.98. The Labute approximate surface area is 825 Å². The monoisotopic (exact) mass is 1800 g/mol. The maximum absolute atomic E-state index is 4.15. The van der Waals surface area contributed by atoms with E-state index in [1.165, 1.54) is 207 Å². The van der Waals surface area contributed by atoms with Crippen LogP contribution in [0.15, 0.2) is 438 Å². The minimum absolute atomic E-state index is 0.0134. The zero-order valence-electron chi connectivity index (χ0n) is 81.9. The van der Waals surface area contributed by atoms with Crippen LogP contribution in [0.4, 0.5) is 34.1 Å². The number of anilines is 6. The van der Waals surface area contributed by atoms with Crippen LogP contribution in [0.2, 0.25) is 0 Å². The van der Waals surface area contributed by atoms with E-state index in [-0.39, 0.29) is 10.8 Å². The molecule has 3 aliphatic rings. The smallest absolute Gasteiger partial charge is 0.0714 e. The van der Waals surface area contributed by atoms with Crippen molar-refractivity contribution in [2.45, 2.75) is 160 Å². The van der Waals surface area contributed by atoms with E-state index in [2.05, 4.69) is 503 Å². The van der Waals surface area contributed by atoms with Gasteiger partial charge in [-0.05, 0) is 312 Å². The summed E-state index contributed by atoms with van der Waals surface area (Å²) in [5.41, 5.74) is 44.7. The van der Waals surface area contributed by atoms with E-state index < -0.39 is 16.2 Å².